The van der Waals surface area contributed by atoms with Gasteiger partial charge in [0.25, 0.3) is 0 Å². The fourth-order valence-corrected chi connectivity index (χ4v) is 11.2. The van der Waals surface area contributed by atoms with Crippen LogP contribution in [0.3, 0.4) is 0 Å². The van der Waals surface area contributed by atoms with E-state index < -0.39 is 59.0 Å². The summed E-state index contributed by atoms with van der Waals surface area (Å²) in [5.41, 5.74) is 1.82. The summed E-state index contributed by atoms with van der Waals surface area (Å²) in [6.45, 7) is 0.228. The molecule has 4 atom stereocenters. The van der Waals surface area contributed by atoms with Gasteiger partial charge in [-0.2, -0.15) is 0 Å². The molecule has 2 saturated heterocycles. The van der Waals surface area contributed by atoms with Crippen molar-refractivity contribution in [3.05, 3.63) is 189 Å². The minimum Gasteiger partial charge on any atom is -0.453 e. The van der Waals surface area contributed by atoms with E-state index in [9.17, 15) is 28.8 Å². The highest BCUT2D eigenvalue weighted by atomic mass is 35.5. The average molecular weight is 1210 g/mol. The van der Waals surface area contributed by atoms with Crippen LogP contribution in [-0.2, 0) is 52.6 Å². The Morgan fingerprint density at radius 2 is 0.953 bits per heavy atom. The van der Waals surface area contributed by atoms with Crippen LogP contribution in [0.2, 0.25) is 10.0 Å². The second-order valence-corrected chi connectivity index (χ2v) is 21.2. The average Bonchev–Trinajstić information content (AvgIpc) is 1.58. The molecule has 0 radical (unpaired) electrons. The molecule has 4 aliphatic heterocycles. The molecular weight excluding hydrogens is 1160 g/mol. The van der Waals surface area contributed by atoms with Crippen LogP contribution in [-0.4, -0.2) is 107 Å². The quantitative estimate of drug-likeness (QED) is 0.0828. The number of amides is 6. The van der Waals surface area contributed by atoms with Crippen LogP contribution < -0.4 is 21.3 Å². The van der Waals surface area contributed by atoms with Gasteiger partial charge in [-0.05, 0) is 96.8 Å². The predicted octanol–water partition coefficient (Wildman–Crippen LogP) is 11.4. The maximum absolute atomic E-state index is 15.3. The zero-order chi connectivity index (χ0) is 60.3. The Morgan fingerprint density at radius 3 is 1.33 bits per heavy atom. The first-order valence-corrected chi connectivity index (χ1v) is 27.5. The smallest absolute Gasteiger partial charge is 0.412 e. The Hall–Kier alpha value is -9.94. The van der Waals surface area contributed by atoms with E-state index in [4.69, 9.17) is 41.5 Å². The summed E-state index contributed by atoms with van der Waals surface area (Å²) in [6, 6.07) is 37.8. The highest BCUT2D eigenvalue weighted by Crippen LogP contribution is 2.48. The van der Waals surface area contributed by atoms with E-state index >= 15 is 8.78 Å². The van der Waals surface area contributed by atoms with Crippen molar-refractivity contribution in [1.29, 1.82) is 0 Å². The van der Waals surface area contributed by atoms with Crippen LogP contribution in [0.15, 0.2) is 142 Å². The maximum atomic E-state index is 15.3. The highest BCUT2D eigenvalue weighted by molar-refractivity contribution is 6.31. The first kappa shape index (κ1) is 57.9. The van der Waals surface area contributed by atoms with Gasteiger partial charge in [-0.25, -0.2) is 28.0 Å². The molecule has 4 N–H and O–H groups in total. The monoisotopic (exact) mass is 1210 g/mol. The topological polar surface area (TPSA) is 272 Å². The van der Waals surface area contributed by atoms with Crippen LogP contribution >= 0.6 is 23.2 Å². The van der Waals surface area contributed by atoms with Crippen LogP contribution in [0.1, 0.15) is 58.7 Å². The van der Waals surface area contributed by atoms with E-state index in [0.717, 1.165) is 11.1 Å². The Kier molecular flexibility index (Phi) is 16.4. The number of anilines is 4. The number of fused-ring (bicyclic) bond motifs is 4. The normalized spacial score (nSPS) is 18.0. The lowest BCUT2D eigenvalue weighted by atomic mass is 9.89. The number of methoxy groups -OCH3 is 2. The molecule has 26 heteroatoms. The number of benzene rings is 6. The van der Waals surface area contributed by atoms with Crippen molar-refractivity contribution in [2.75, 3.05) is 61.7 Å². The van der Waals surface area contributed by atoms with E-state index in [-0.39, 0.29) is 120 Å². The lowest BCUT2D eigenvalue weighted by Gasteiger charge is -2.36. The van der Waals surface area contributed by atoms with Crippen molar-refractivity contribution < 1.29 is 65.3 Å². The van der Waals surface area contributed by atoms with Crippen molar-refractivity contribution in [3.63, 3.8) is 0 Å². The number of nitrogens with one attached hydrogen (secondary N) is 4. The van der Waals surface area contributed by atoms with Crippen molar-refractivity contribution in [2.45, 2.75) is 48.7 Å². The molecule has 8 aromatic rings. The number of ether oxygens (including phenoxy) is 4. The van der Waals surface area contributed by atoms with E-state index in [2.05, 4.69) is 51.1 Å². The Labute approximate surface area is 498 Å². The number of hydrogen-bond donors (Lipinski definition) is 4. The minimum atomic E-state index is -1.40. The Bertz CT molecular complexity index is 3650. The lowest BCUT2D eigenvalue weighted by Crippen LogP contribution is -2.44. The summed E-state index contributed by atoms with van der Waals surface area (Å²) in [5.74, 6) is -3.29. The molecule has 6 aromatic carbocycles. The standard InChI is InChI=1S/2C30H25ClFN5O6/c2*1-41-28(39)33-19-9-7-18(8-10-19)25-35-36-26(42-25)20(15-17-5-3-2-4-6-17)27(38)37-14-13-30(16-37)23-22(34-29(40)43-30)12-11-21(31)24(23)32/h2*2-12,20H,13-16H2,1H3,(H,33,39)(H,34,40)/t2*20?,30-/m00/s1. The number of carbonyl (C=O) groups is 6. The van der Waals surface area contributed by atoms with Gasteiger partial charge in [0.2, 0.25) is 35.4 Å². The zero-order valence-corrected chi connectivity index (χ0v) is 47.1. The molecular formula is C60H50Cl2F2N10O12. The largest absolute Gasteiger partial charge is 0.453 e. The molecule has 4 aliphatic rings. The molecule has 6 heterocycles. The van der Waals surface area contributed by atoms with E-state index in [0.29, 0.717) is 22.5 Å². The van der Waals surface area contributed by atoms with Gasteiger partial charge in [-0.15, -0.1) is 20.4 Å². The summed E-state index contributed by atoms with van der Waals surface area (Å²) in [5, 5.41) is 26.7. The van der Waals surface area contributed by atoms with Gasteiger partial charge < -0.3 is 37.6 Å². The van der Waals surface area contributed by atoms with Crippen molar-refractivity contribution in [1.82, 2.24) is 30.2 Å². The molecule has 6 amide bonds. The molecule has 440 valence electrons. The molecule has 2 aromatic heterocycles. The third-order valence-corrected chi connectivity index (χ3v) is 15.6. The van der Waals surface area contributed by atoms with Crippen LogP contribution in [0.4, 0.5) is 50.7 Å². The SMILES string of the molecule is COC(=O)Nc1ccc(-c2nnc(C(Cc3ccccc3)C(=O)N3CC[C@@]4(C3)OC(=O)Nc3ccc(Cl)c(F)c34)o2)cc1.COC(=O)Nc1ccc(-c2nnc(C(Cc3ccccc3)C(=O)N3CC[C@@]4(C3)OC(=O)Nc3ccc(Cl)c(F)c34)o2)cc1. The fourth-order valence-electron chi connectivity index (χ4n) is 10.9. The number of nitrogens with zero attached hydrogens (tertiary/aromatic N) is 6. The summed E-state index contributed by atoms with van der Waals surface area (Å²) < 4.78 is 63.1. The lowest BCUT2D eigenvalue weighted by molar-refractivity contribution is -0.134. The second kappa shape index (κ2) is 24.3. The first-order chi connectivity index (χ1) is 41.5. The van der Waals surface area contributed by atoms with Crippen LogP contribution in [0.5, 0.6) is 0 Å². The molecule has 0 saturated carbocycles. The predicted molar refractivity (Wildman–Crippen MR) is 306 cm³/mol. The van der Waals surface area contributed by atoms with Gasteiger partial charge >= 0.3 is 24.4 Å². The number of aromatic nitrogens is 4. The third kappa shape index (κ3) is 11.9. The summed E-state index contributed by atoms with van der Waals surface area (Å²) in [7, 11) is 2.54. The van der Waals surface area contributed by atoms with Crippen molar-refractivity contribution >= 4 is 82.1 Å². The molecule has 2 spiro atoms. The van der Waals surface area contributed by atoms with Gasteiger partial charge in [0.1, 0.15) is 11.8 Å². The third-order valence-electron chi connectivity index (χ3n) is 15.0. The van der Waals surface area contributed by atoms with Gasteiger partial charge in [0.15, 0.2) is 22.8 Å². The number of hydrogen-bond acceptors (Lipinski definition) is 16. The molecule has 12 rings (SSSR count). The molecule has 0 aliphatic carbocycles. The molecule has 22 nitrogen and oxygen atoms in total. The minimum absolute atomic E-state index is 0.0789. The van der Waals surface area contributed by atoms with Gasteiger partial charge in [0, 0.05) is 48.4 Å². The number of likely N-dealkylation sites (tertiary alicyclic amines) is 2. The van der Waals surface area contributed by atoms with Gasteiger partial charge in [-0.3, -0.25) is 30.9 Å². The van der Waals surface area contributed by atoms with Gasteiger partial charge in [-0.1, -0.05) is 83.9 Å². The number of rotatable bonds is 12. The molecule has 0 bridgehead atoms. The summed E-state index contributed by atoms with van der Waals surface area (Å²) >= 11 is 12.2. The fraction of sp³-hybridized carbons (Fsp3) is 0.233. The Balaban J connectivity index is 0.000000179. The van der Waals surface area contributed by atoms with Crippen molar-refractivity contribution in [3.8, 4) is 22.9 Å². The zero-order valence-electron chi connectivity index (χ0n) is 45.6. The van der Waals surface area contributed by atoms with Gasteiger partial charge in [0.05, 0.1) is 59.9 Å². The molecule has 86 heavy (non-hydrogen) atoms. The van der Waals surface area contributed by atoms with Crippen molar-refractivity contribution in [2.24, 2.45) is 0 Å². The Morgan fingerprint density at radius 1 is 0.570 bits per heavy atom. The summed E-state index contributed by atoms with van der Waals surface area (Å²) in [6.07, 6.45) is -1.82. The maximum Gasteiger partial charge on any atom is 0.412 e. The van der Waals surface area contributed by atoms with E-state index in [1.54, 1.807) is 48.5 Å². The molecule has 2 fully saturated rings. The van der Waals surface area contributed by atoms with Crippen LogP contribution in [0.25, 0.3) is 22.9 Å². The molecule has 2 unspecified atom stereocenters. The highest BCUT2D eigenvalue weighted by Gasteiger charge is 2.53. The first-order valence-electron chi connectivity index (χ1n) is 26.7. The van der Waals surface area contributed by atoms with E-state index in [1.165, 1.54) is 48.3 Å². The second-order valence-electron chi connectivity index (χ2n) is 20.4. The summed E-state index contributed by atoms with van der Waals surface area (Å²) in [4.78, 5) is 79.1. The number of carbonyl (C=O) groups excluding carboxylic acids is 6. The van der Waals surface area contributed by atoms with Crippen LogP contribution in [0, 0.1) is 11.6 Å². The number of halogens is 4. The van der Waals surface area contributed by atoms with E-state index in [1.807, 2.05) is 60.7 Å².